The third kappa shape index (κ3) is 5.85. The third-order valence-corrected chi connectivity index (χ3v) is 1.39. The predicted molar refractivity (Wildman–Crippen MR) is 44.1 cm³/mol. The van der Waals surface area contributed by atoms with Crippen LogP contribution >= 0.6 is 0 Å². The van der Waals surface area contributed by atoms with Crippen molar-refractivity contribution >= 4 is 5.97 Å². The van der Waals surface area contributed by atoms with Crippen molar-refractivity contribution in [2.24, 2.45) is 5.73 Å². The van der Waals surface area contributed by atoms with Crippen molar-refractivity contribution in [1.29, 1.82) is 0 Å². The Morgan fingerprint density at radius 2 is 2.18 bits per heavy atom. The summed E-state index contributed by atoms with van der Waals surface area (Å²) in [4.78, 5) is 10.8. The maximum Gasteiger partial charge on any atom is 0.307 e. The van der Waals surface area contributed by atoms with E-state index in [-0.39, 0.29) is 12.0 Å². The topological polar surface area (TPSA) is 52.3 Å². The average molecular weight is 159 g/mol. The first kappa shape index (κ1) is 10.4. The van der Waals surface area contributed by atoms with Gasteiger partial charge in [-0.1, -0.05) is 13.3 Å². The fourth-order valence-corrected chi connectivity index (χ4v) is 0.907. The molecule has 0 saturated carbocycles. The lowest BCUT2D eigenvalue weighted by Crippen LogP contribution is -2.24. The number of esters is 1. The molecule has 11 heavy (non-hydrogen) atoms. The number of carbonyl (C=O) groups excluding carboxylic acids is 1. The third-order valence-electron chi connectivity index (χ3n) is 1.39. The Balaban J connectivity index is 3.40. The van der Waals surface area contributed by atoms with Gasteiger partial charge in [-0.15, -0.1) is 0 Å². The molecule has 0 aliphatic heterocycles. The largest absolute Gasteiger partial charge is 0.466 e. The minimum absolute atomic E-state index is 0.0287. The minimum Gasteiger partial charge on any atom is -0.466 e. The summed E-state index contributed by atoms with van der Waals surface area (Å²) in [5.41, 5.74) is 5.61. The quantitative estimate of drug-likeness (QED) is 0.610. The van der Waals surface area contributed by atoms with E-state index in [1.54, 1.807) is 6.92 Å². The zero-order chi connectivity index (χ0) is 8.69. The monoisotopic (exact) mass is 159 g/mol. The highest BCUT2D eigenvalue weighted by Crippen LogP contribution is 1.99. The molecule has 0 heterocycles. The van der Waals surface area contributed by atoms with Crippen molar-refractivity contribution in [2.75, 3.05) is 6.61 Å². The standard InChI is InChI=1S/C8H17NO2/c1-3-5-7(9)6-8(10)11-4-2/h7H,3-6,9H2,1-2H3. The van der Waals surface area contributed by atoms with Crippen LogP contribution in [0.2, 0.25) is 0 Å². The van der Waals surface area contributed by atoms with E-state index in [1.807, 2.05) is 6.92 Å². The Kier molecular flexibility index (Phi) is 5.84. The van der Waals surface area contributed by atoms with Crippen LogP contribution in [0.5, 0.6) is 0 Å². The number of nitrogens with two attached hydrogens (primary N) is 1. The molecule has 0 amide bonds. The lowest BCUT2D eigenvalue weighted by atomic mass is 10.1. The molecule has 1 unspecified atom stereocenters. The molecule has 1 atom stereocenters. The van der Waals surface area contributed by atoms with Gasteiger partial charge in [0.1, 0.15) is 0 Å². The molecule has 0 aromatic heterocycles. The van der Waals surface area contributed by atoms with Gasteiger partial charge in [0.2, 0.25) is 0 Å². The Morgan fingerprint density at radius 1 is 1.55 bits per heavy atom. The van der Waals surface area contributed by atoms with Crippen LogP contribution in [0.15, 0.2) is 0 Å². The summed E-state index contributed by atoms with van der Waals surface area (Å²) in [6.07, 6.45) is 2.25. The molecule has 0 bridgehead atoms. The zero-order valence-corrected chi connectivity index (χ0v) is 7.30. The van der Waals surface area contributed by atoms with Gasteiger partial charge in [0, 0.05) is 6.04 Å². The highest BCUT2D eigenvalue weighted by atomic mass is 16.5. The van der Waals surface area contributed by atoms with Gasteiger partial charge in [-0.05, 0) is 13.3 Å². The van der Waals surface area contributed by atoms with E-state index < -0.39 is 0 Å². The van der Waals surface area contributed by atoms with Gasteiger partial charge in [-0.25, -0.2) is 0 Å². The number of rotatable bonds is 5. The Labute approximate surface area is 67.9 Å². The van der Waals surface area contributed by atoms with Crippen molar-refractivity contribution in [2.45, 2.75) is 39.2 Å². The summed E-state index contributed by atoms with van der Waals surface area (Å²) in [6.45, 7) is 4.28. The molecule has 0 spiro atoms. The molecule has 0 aliphatic carbocycles. The van der Waals surface area contributed by atoms with Crippen LogP contribution in [0.25, 0.3) is 0 Å². The molecule has 0 aliphatic rings. The van der Waals surface area contributed by atoms with E-state index in [4.69, 9.17) is 10.5 Å². The molecular weight excluding hydrogens is 142 g/mol. The summed E-state index contributed by atoms with van der Waals surface area (Å²) in [5, 5.41) is 0. The van der Waals surface area contributed by atoms with E-state index in [0.29, 0.717) is 13.0 Å². The molecule has 0 rings (SSSR count). The van der Waals surface area contributed by atoms with Crippen molar-refractivity contribution in [3.63, 3.8) is 0 Å². The first-order valence-corrected chi connectivity index (χ1v) is 4.11. The number of hydrogen-bond donors (Lipinski definition) is 1. The number of hydrogen-bond acceptors (Lipinski definition) is 3. The molecular formula is C8H17NO2. The molecule has 0 aromatic rings. The Hall–Kier alpha value is -0.570. The van der Waals surface area contributed by atoms with Gasteiger partial charge in [0.05, 0.1) is 13.0 Å². The van der Waals surface area contributed by atoms with Crippen LogP contribution in [-0.2, 0) is 9.53 Å². The summed E-state index contributed by atoms with van der Waals surface area (Å²) in [6, 6.07) is -0.0287. The highest BCUT2D eigenvalue weighted by Gasteiger charge is 2.08. The van der Waals surface area contributed by atoms with Crippen LogP contribution < -0.4 is 5.73 Å². The van der Waals surface area contributed by atoms with Gasteiger partial charge in [0.25, 0.3) is 0 Å². The molecule has 2 N–H and O–H groups in total. The molecule has 3 nitrogen and oxygen atoms in total. The maximum absolute atomic E-state index is 10.8. The molecule has 3 heteroatoms. The second-order valence-electron chi connectivity index (χ2n) is 2.56. The van der Waals surface area contributed by atoms with E-state index in [9.17, 15) is 4.79 Å². The van der Waals surface area contributed by atoms with Gasteiger partial charge in [-0.3, -0.25) is 4.79 Å². The van der Waals surface area contributed by atoms with Crippen LogP contribution in [0, 0.1) is 0 Å². The summed E-state index contributed by atoms with van der Waals surface area (Å²) in [7, 11) is 0. The van der Waals surface area contributed by atoms with Crippen molar-refractivity contribution in [3.05, 3.63) is 0 Å². The lowest BCUT2D eigenvalue weighted by Gasteiger charge is -2.08. The smallest absolute Gasteiger partial charge is 0.307 e. The lowest BCUT2D eigenvalue weighted by molar-refractivity contribution is -0.143. The first-order chi connectivity index (χ1) is 5.20. The van der Waals surface area contributed by atoms with Crippen molar-refractivity contribution in [1.82, 2.24) is 0 Å². The fourth-order valence-electron chi connectivity index (χ4n) is 0.907. The normalized spacial score (nSPS) is 12.6. The van der Waals surface area contributed by atoms with Gasteiger partial charge in [0.15, 0.2) is 0 Å². The SMILES string of the molecule is CCCC(N)CC(=O)OCC. The molecule has 66 valence electrons. The minimum atomic E-state index is -0.187. The summed E-state index contributed by atoms with van der Waals surface area (Å²) in [5.74, 6) is -0.187. The first-order valence-electron chi connectivity index (χ1n) is 4.11. The molecule has 0 aromatic carbocycles. The van der Waals surface area contributed by atoms with Crippen LogP contribution in [0.1, 0.15) is 33.1 Å². The van der Waals surface area contributed by atoms with Gasteiger partial charge >= 0.3 is 5.97 Å². The average Bonchev–Trinajstić information content (AvgIpc) is 1.87. The van der Waals surface area contributed by atoms with Gasteiger partial charge < -0.3 is 10.5 Å². The fraction of sp³-hybridized carbons (Fsp3) is 0.875. The summed E-state index contributed by atoms with van der Waals surface area (Å²) < 4.78 is 4.74. The number of carbonyl (C=O) groups is 1. The predicted octanol–water partition coefficient (Wildman–Crippen LogP) is 1.07. The maximum atomic E-state index is 10.8. The zero-order valence-electron chi connectivity index (χ0n) is 7.30. The van der Waals surface area contributed by atoms with E-state index in [0.717, 1.165) is 12.8 Å². The Morgan fingerprint density at radius 3 is 2.64 bits per heavy atom. The van der Waals surface area contributed by atoms with Crippen molar-refractivity contribution < 1.29 is 9.53 Å². The molecule has 0 radical (unpaired) electrons. The second kappa shape index (κ2) is 6.16. The molecule has 0 fully saturated rings. The van der Waals surface area contributed by atoms with Gasteiger partial charge in [-0.2, -0.15) is 0 Å². The van der Waals surface area contributed by atoms with Crippen LogP contribution in [0.3, 0.4) is 0 Å². The van der Waals surface area contributed by atoms with E-state index in [1.165, 1.54) is 0 Å². The van der Waals surface area contributed by atoms with Crippen LogP contribution in [-0.4, -0.2) is 18.6 Å². The molecule has 0 saturated heterocycles. The summed E-state index contributed by atoms with van der Waals surface area (Å²) >= 11 is 0. The highest BCUT2D eigenvalue weighted by molar-refractivity contribution is 5.70. The van der Waals surface area contributed by atoms with E-state index in [2.05, 4.69) is 0 Å². The number of ether oxygens (including phenoxy) is 1. The Bertz CT molecular complexity index is 115. The van der Waals surface area contributed by atoms with Crippen LogP contribution in [0.4, 0.5) is 0 Å². The second-order valence-corrected chi connectivity index (χ2v) is 2.56. The van der Waals surface area contributed by atoms with Crippen molar-refractivity contribution in [3.8, 4) is 0 Å². The van der Waals surface area contributed by atoms with E-state index >= 15 is 0 Å².